The average molecular weight is 398 g/mol. The lowest BCUT2D eigenvalue weighted by Gasteiger charge is -2.22. The number of fused-ring (bicyclic) bond motifs is 1. The second kappa shape index (κ2) is 8.47. The van der Waals surface area contributed by atoms with Crippen molar-refractivity contribution in [1.29, 1.82) is 0 Å². The molecule has 6 nitrogen and oxygen atoms in total. The van der Waals surface area contributed by atoms with Gasteiger partial charge in [-0.05, 0) is 55.7 Å². The molecule has 26 heavy (non-hydrogen) atoms. The Balaban J connectivity index is 1.76. The van der Waals surface area contributed by atoms with E-state index < -0.39 is 10.3 Å². The van der Waals surface area contributed by atoms with Gasteiger partial charge in [0.2, 0.25) is 0 Å². The standard InChI is InChI=1S/C18H23NO5S2/c1-2-19-26(21,22)24-15-8-9-16-17(11-15)25-12-13(18(16)20)6-7-14-5-3-4-10-23-14/h8-9,11-12,14,19H,2-7,10H2,1H3. The van der Waals surface area contributed by atoms with Crippen molar-refractivity contribution in [3.05, 3.63) is 39.4 Å². The van der Waals surface area contributed by atoms with Gasteiger partial charge in [0, 0.05) is 28.8 Å². The molecule has 1 N–H and O–H groups in total. The maximum Gasteiger partial charge on any atom is 0.382 e. The summed E-state index contributed by atoms with van der Waals surface area (Å²) in [5.74, 6) is 0.192. The zero-order valence-electron chi connectivity index (χ0n) is 14.7. The number of aryl methyl sites for hydroxylation is 1. The molecule has 1 atom stereocenters. The highest BCUT2D eigenvalue weighted by molar-refractivity contribution is 7.85. The van der Waals surface area contributed by atoms with Crippen LogP contribution in [-0.4, -0.2) is 27.7 Å². The fourth-order valence-corrected chi connectivity index (χ4v) is 4.79. The molecule has 1 aliphatic heterocycles. The summed E-state index contributed by atoms with van der Waals surface area (Å²) >= 11 is 1.42. The molecule has 0 aliphatic carbocycles. The number of rotatable bonds is 7. The first-order valence-corrected chi connectivity index (χ1v) is 11.1. The Morgan fingerprint density at radius 1 is 1.35 bits per heavy atom. The molecule has 8 heteroatoms. The fraction of sp³-hybridized carbons (Fsp3) is 0.500. The van der Waals surface area contributed by atoms with Crippen molar-refractivity contribution < 1.29 is 17.3 Å². The van der Waals surface area contributed by atoms with Gasteiger partial charge in [-0.15, -0.1) is 11.3 Å². The van der Waals surface area contributed by atoms with Gasteiger partial charge in [0.05, 0.1) is 6.10 Å². The normalized spacial score (nSPS) is 18.1. The molecule has 0 saturated carbocycles. The second-order valence-corrected chi connectivity index (χ2v) is 8.59. The molecule has 1 unspecified atom stereocenters. The van der Waals surface area contributed by atoms with Crippen LogP contribution >= 0.6 is 11.3 Å². The number of ether oxygens (including phenoxy) is 1. The van der Waals surface area contributed by atoms with Crippen molar-refractivity contribution in [2.75, 3.05) is 13.2 Å². The first-order valence-electron chi connectivity index (χ1n) is 8.83. The average Bonchev–Trinajstić information content (AvgIpc) is 2.61. The Morgan fingerprint density at radius 3 is 2.92 bits per heavy atom. The molecule has 0 bridgehead atoms. The van der Waals surface area contributed by atoms with Crippen molar-refractivity contribution in [3.63, 3.8) is 0 Å². The molecule has 1 saturated heterocycles. The quantitative estimate of drug-likeness (QED) is 0.777. The van der Waals surface area contributed by atoms with Gasteiger partial charge in [-0.3, -0.25) is 4.79 Å². The van der Waals surface area contributed by atoms with E-state index in [0.717, 1.165) is 31.4 Å². The van der Waals surface area contributed by atoms with Gasteiger partial charge in [-0.25, -0.2) is 0 Å². The summed E-state index contributed by atoms with van der Waals surface area (Å²) in [5, 5.41) is 2.45. The lowest BCUT2D eigenvalue weighted by atomic mass is 10.0. The van der Waals surface area contributed by atoms with Crippen molar-refractivity contribution in [2.24, 2.45) is 0 Å². The summed E-state index contributed by atoms with van der Waals surface area (Å²) in [4.78, 5) is 12.7. The Bertz CT molecular complexity index is 917. The summed E-state index contributed by atoms with van der Waals surface area (Å²) in [5.41, 5.74) is 0.779. The Morgan fingerprint density at radius 2 is 2.19 bits per heavy atom. The smallest absolute Gasteiger partial charge is 0.378 e. The molecule has 0 radical (unpaired) electrons. The maximum atomic E-state index is 12.7. The first kappa shape index (κ1) is 19.3. The predicted molar refractivity (Wildman–Crippen MR) is 103 cm³/mol. The Kier molecular flexibility index (Phi) is 6.29. The molecular weight excluding hydrogens is 374 g/mol. The molecule has 1 aromatic carbocycles. The van der Waals surface area contributed by atoms with E-state index in [1.165, 1.54) is 23.8 Å². The summed E-state index contributed by atoms with van der Waals surface area (Å²) in [7, 11) is -3.83. The van der Waals surface area contributed by atoms with Crippen LogP contribution in [-0.2, 0) is 21.5 Å². The van der Waals surface area contributed by atoms with Crippen LogP contribution in [0.3, 0.4) is 0 Å². The molecular formula is C18H23NO5S2. The van der Waals surface area contributed by atoms with E-state index in [-0.39, 0.29) is 23.8 Å². The second-order valence-electron chi connectivity index (χ2n) is 6.31. The van der Waals surface area contributed by atoms with Crippen LogP contribution in [0, 0.1) is 0 Å². The third-order valence-electron chi connectivity index (χ3n) is 4.35. The molecule has 0 amide bonds. The summed E-state index contributed by atoms with van der Waals surface area (Å²) < 4.78 is 37.1. The van der Waals surface area contributed by atoms with Gasteiger partial charge in [-0.1, -0.05) is 6.92 Å². The minimum Gasteiger partial charge on any atom is -0.378 e. The van der Waals surface area contributed by atoms with E-state index in [9.17, 15) is 13.2 Å². The van der Waals surface area contributed by atoms with Gasteiger partial charge in [-0.2, -0.15) is 13.1 Å². The predicted octanol–water partition coefficient (Wildman–Crippen LogP) is 3.00. The summed E-state index contributed by atoms with van der Waals surface area (Å²) in [6.07, 6.45) is 5.17. The van der Waals surface area contributed by atoms with Gasteiger partial charge in [0.1, 0.15) is 5.75 Å². The van der Waals surface area contributed by atoms with E-state index in [1.807, 2.05) is 5.38 Å². The van der Waals surface area contributed by atoms with E-state index in [0.29, 0.717) is 16.5 Å². The molecule has 1 aliphatic rings. The van der Waals surface area contributed by atoms with Gasteiger partial charge < -0.3 is 8.92 Å². The summed E-state index contributed by atoms with van der Waals surface area (Å²) in [6.45, 7) is 2.73. The zero-order valence-corrected chi connectivity index (χ0v) is 16.3. The molecule has 2 heterocycles. The molecule has 3 rings (SSSR count). The van der Waals surface area contributed by atoms with Crippen LogP contribution in [0.15, 0.2) is 28.4 Å². The van der Waals surface area contributed by atoms with Crippen molar-refractivity contribution in [3.8, 4) is 5.75 Å². The third kappa shape index (κ3) is 4.82. The zero-order chi connectivity index (χ0) is 18.6. The molecule has 1 fully saturated rings. The molecule has 142 valence electrons. The highest BCUT2D eigenvalue weighted by Gasteiger charge is 2.16. The van der Waals surface area contributed by atoms with E-state index in [4.69, 9.17) is 8.92 Å². The van der Waals surface area contributed by atoms with Crippen LogP contribution < -0.4 is 14.3 Å². The van der Waals surface area contributed by atoms with Crippen LogP contribution in [0.4, 0.5) is 0 Å². The van der Waals surface area contributed by atoms with E-state index in [1.54, 1.807) is 19.1 Å². The van der Waals surface area contributed by atoms with Crippen LogP contribution in [0.25, 0.3) is 10.1 Å². The van der Waals surface area contributed by atoms with Gasteiger partial charge in [0.15, 0.2) is 5.43 Å². The number of benzene rings is 1. The SMILES string of the molecule is CCNS(=O)(=O)Oc1ccc2c(=O)c(CCC3CCCCO3)csc2c1. The topological polar surface area (TPSA) is 81.7 Å². The highest BCUT2D eigenvalue weighted by Crippen LogP contribution is 2.25. The maximum absolute atomic E-state index is 12.7. The van der Waals surface area contributed by atoms with Crippen molar-refractivity contribution in [2.45, 2.75) is 45.1 Å². The van der Waals surface area contributed by atoms with Crippen LogP contribution in [0.5, 0.6) is 5.75 Å². The number of hydrogen-bond donors (Lipinski definition) is 1. The van der Waals surface area contributed by atoms with Crippen molar-refractivity contribution in [1.82, 2.24) is 4.72 Å². The number of nitrogens with one attached hydrogen (secondary N) is 1. The summed E-state index contributed by atoms with van der Waals surface area (Å²) in [6, 6.07) is 4.73. The Labute approximate surface area is 157 Å². The molecule has 0 spiro atoms. The Hall–Kier alpha value is -1.48. The number of hydrogen-bond acceptors (Lipinski definition) is 6. The first-order chi connectivity index (χ1) is 12.5. The van der Waals surface area contributed by atoms with E-state index >= 15 is 0 Å². The molecule has 1 aromatic heterocycles. The highest BCUT2D eigenvalue weighted by atomic mass is 32.2. The fourth-order valence-electron chi connectivity index (χ4n) is 3.06. The minimum absolute atomic E-state index is 0.00403. The van der Waals surface area contributed by atoms with Crippen LogP contribution in [0.2, 0.25) is 0 Å². The van der Waals surface area contributed by atoms with Crippen LogP contribution in [0.1, 0.15) is 38.2 Å². The van der Waals surface area contributed by atoms with Crippen molar-refractivity contribution >= 4 is 31.7 Å². The van der Waals surface area contributed by atoms with Gasteiger partial charge in [0.25, 0.3) is 0 Å². The minimum atomic E-state index is -3.83. The molecule has 2 aromatic rings. The lowest BCUT2D eigenvalue weighted by Crippen LogP contribution is -2.27. The third-order valence-corrected chi connectivity index (χ3v) is 6.40. The van der Waals surface area contributed by atoms with Gasteiger partial charge >= 0.3 is 10.3 Å². The van der Waals surface area contributed by atoms with E-state index in [2.05, 4.69) is 4.72 Å². The lowest BCUT2D eigenvalue weighted by molar-refractivity contribution is 0.0115. The monoisotopic (exact) mass is 397 g/mol. The largest absolute Gasteiger partial charge is 0.382 e.